The number of nitrogens with zero attached hydrogens (tertiary/aromatic N) is 3. The van der Waals surface area contributed by atoms with Crippen molar-refractivity contribution < 1.29 is 4.52 Å². The maximum atomic E-state index is 5.59. The van der Waals surface area contributed by atoms with Crippen LogP contribution >= 0.6 is 12.4 Å². The fourth-order valence-electron chi connectivity index (χ4n) is 3.85. The number of aromatic nitrogens is 2. The lowest BCUT2D eigenvalue weighted by molar-refractivity contribution is 0.174. The van der Waals surface area contributed by atoms with E-state index in [1.807, 2.05) is 0 Å². The molecule has 2 N–H and O–H groups in total. The van der Waals surface area contributed by atoms with Crippen LogP contribution in [0.15, 0.2) is 47.0 Å². The Balaban J connectivity index is 0.00000196. The second-order valence-electron chi connectivity index (χ2n) is 6.79. The number of benzene rings is 2. The molecule has 6 heteroatoms. The summed E-state index contributed by atoms with van der Waals surface area (Å²) in [5.41, 5.74) is 6.95. The summed E-state index contributed by atoms with van der Waals surface area (Å²) in [7, 11) is 0. The Labute approximate surface area is 160 Å². The van der Waals surface area contributed by atoms with Gasteiger partial charge in [0.2, 0.25) is 5.89 Å². The highest BCUT2D eigenvalue weighted by atomic mass is 35.5. The first-order valence-corrected chi connectivity index (χ1v) is 9.05. The van der Waals surface area contributed by atoms with Crippen LogP contribution in [0.5, 0.6) is 0 Å². The van der Waals surface area contributed by atoms with E-state index in [2.05, 4.69) is 57.5 Å². The highest BCUT2D eigenvalue weighted by Gasteiger charge is 2.24. The van der Waals surface area contributed by atoms with Gasteiger partial charge in [0.15, 0.2) is 5.82 Å². The normalized spacial score (nSPS) is 14.8. The number of nitrogens with two attached hydrogens (primary N) is 1. The molecule has 1 saturated carbocycles. The first kappa shape index (κ1) is 18.8. The summed E-state index contributed by atoms with van der Waals surface area (Å²) in [6, 6.07) is 15.7. The Morgan fingerprint density at radius 2 is 1.81 bits per heavy atom. The summed E-state index contributed by atoms with van der Waals surface area (Å²) in [5.74, 6) is 1.24. The van der Waals surface area contributed by atoms with Crippen molar-refractivity contribution >= 4 is 23.2 Å². The smallest absolute Gasteiger partial charge is 0.240 e. The Morgan fingerprint density at radius 1 is 1.04 bits per heavy atom. The molecule has 0 saturated heterocycles. The molecular formula is C20H25ClN4O. The summed E-state index contributed by atoms with van der Waals surface area (Å²) < 4.78 is 5.19. The van der Waals surface area contributed by atoms with Crippen molar-refractivity contribution in [3.05, 3.63) is 59.7 Å². The monoisotopic (exact) mass is 372 g/mol. The predicted molar refractivity (Wildman–Crippen MR) is 105 cm³/mol. The topological polar surface area (TPSA) is 68.2 Å². The van der Waals surface area contributed by atoms with Crippen LogP contribution in [-0.4, -0.2) is 21.1 Å². The van der Waals surface area contributed by atoms with E-state index in [1.165, 1.54) is 42.0 Å². The van der Waals surface area contributed by atoms with E-state index in [0.29, 0.717) is 25.0 Å². The number of hydrogen-bond acceptors (Lipinski definition) is 5. The van der Waals surface area contributed by atoms with Crippen molar-refractivity contribution in [1.29, 1.82) is 0 Å². The molecule has 0 bridgehead atoms. The highest BCUT2D eigenvalue weighted by Crippen LogP contribution is 2.28. The number of halogens is 1. The van der Waals surface area contributed by atoms with Crippen LogP contribution in [0.4, 0.5) is 0 Å². The van der Waals surface area contributed by atoms with Gasteiger partial charge < -0.3 is 10.3 Å². The average Bonchev–Trinajstić information content (AvgIpc) is 3.33. The average molecular weight is 373 g/mol. The van der Waals surface area contributed by atoms with Crippen LogP contribution in [0.25, 0.3) is 10.8 Å². The van der Waals surface area contributed by atoms with Gasteiger partial charge in [-0.05, 0) is 29.2 Å². The van der Waals surface area contributed by atoms with Gasteiger partial charge in [-0.3, -0.25) is 4.90 Å². The molecule has 5 nitrogen and oxygen atoms in total. The fourth-order valence-corrected chi connectivity index (χ4v) is 3.85. The zero-order chi connectivity index (χ0) is 17.1. The van der Waals surface area contributed by atoms with Gasteiger partial charge in [0.05, 0.1) is 13.1 Å². The molecule has 0 spiro atoms. The summed E-state index contributed by atoms with van der Waals surface area (Å²) in [5, 5.41) is 6.71. The van der Waals surface area contributed by atoms with Gasteiger partial charge in [0.25, 0.3) is 0 Å². The third kappa shape index (κ3) is 4.06. The number of fused-ring (bicyclic) bond motifs is 1. The molecule has 0 unspecified atom stereocenters. The maximum absolute atomic E-state index is 5.59. The zero-order valence-corrected chi connectivity index (χ0v) is 15.6. The van der Waals surface area contributed by atoms with Crippen LogP contribution in [0.1, 0.15) is 43.0 Å². The quantitative estimate of drug-likeness (QED) is 0.707. The van der Waals surface area contributed by atoms with Crippen molar-refractivity contribution in [2.24, 2.45) is 5.73 Å². The third-order valence-corrected chi connectivity index (χ3v) is 5.12. The molecule has 1 aromatic heterocycles. The van der Waals surface area contributed by atoms with Crippen molar-refractivity contribution in [3.63, 3.8) is 0 Å². The van der Waals surface area contributed by atoms with Crippen LogP contribution in [0, 0.1) is 0 Å². The van der Waals surface area contributed by atoms with E-state index in [4.69, 9.17) is 10.3 Å². The molecule has 1 aliphatic rings. The lowest BCUT2D eigenvalue weighted by Gasteiger charge is -2.28. The van der Waals surface area contributed by atoms with Crippen LogP contribution in [-0.2, 0) is 19.6 Å². The Kier molecular flexibility index (Phi) is 6.25. The minimum Gasteiger partial charge on any atom is -0.338 e. The molecule has 26 heavy (non-hydrogen) atoms. The Hall–Kier alpha value is -1.95. The van der Waals surface area contributed by atoms with Crippen LogP contribution in [0.2, 0.25) is 0 Å². The van der Waals surface area contributed by atoms with E-state index in [0.717, 1.165) is 12.4 Å². The van der Waals surface area contributed by atoms with Gasteiger partial charge in [0.1, 0.15) is 0 Å². The third-order valence-electron chi connectivity index (χ3n) is 5.12. The molecule has 0 atom stereocenters. The molecule has 3 aromatic rings. The van der Waals surface area contributed by atoms with Crippen molar-refractivity contribution in [1.82, 2.24) is 15.0 Å². The van der Waals surface area contributed by atoms with E-state index >= 15 is 0 Å². The standard InChI is InChI=1S/C20H24N4O.ClH/c21-12-20-22-19(23-25-20)14-24(17-9-2-3-10-17)13-16-8-5-7-15-6-1-4-11-18(15)16;/h1,4-8,11,17H,2-3,9-10,12-14,21H2;1H. The van der Waals surface area contributed by atoms with E-state index in [9.17, 15) is 0 Å². The first-order chi connectivity index (χ1) is 12.3. The molecule has 4 rings (SSSR count). The highest BCUT2D eigenvalue weighted by molar-refractivity contribution is 5.85. The molecule has 2 aromatic carbocycles. The lowest BCUT2D eigenvalue weighted by Crippen LogP contribution is -2.32. The van der Waals surface area contributed by atoms with Gasteiger partial charge in [-0.15, -0.1) is 12.4 Å². The van der Waals surface area contributed by atoms with Gasteiger partial charge >= 0.3 is 0 Å². The lowest BCUT2D eigenvalue weighted by atomic mass is 10.0. The molecule has 138 valence electrons. The first-order valence-electron chi connectivity index (χ1n) is 9.05. The second kappa shape index (κ2) is 8.62. The minimum atomic E-state index is 0. The van der Waals surface area contributed by atoms with E-state index in [-0.39, 0.29) is 12.4 Å². The summed E-state index contributed by atoms with van der Waals surface area (Å²) >= 11 is 0. The van der Waals surface area contributed by atoms with Gasteiger partial charge in [-0.25, -0.2) is 0 Å². The van der Waals surface area contributed by atoms with Gasteiger partial charge in [-0.1, -0.05) is 60.5 Å². The fraction of sp³-hybridized carbons (Fsp3) is 0.400. The summed E-state index contributed by atoms with van der Waals surface area (Å²) in [6.45, 7) is 1.90. The SMILES string of the molecule is Cl.NCc1nc(CN(Cc2cccc3ccccc23)C2CCCC2)no1. The maximum Gasteiger partial charge on any atom is 0.240 e. The molecule has 0 amide bonds. The zero-order valence-electron chi connectivity index (χ0n) is 14.8. The Morgan fingerprint density at radius 3 is 2.58 bits per heavy atom. The van der Waals surface area contributed by atoms with Crippen LogP contribution < -0.4 is 5.73 Å². The predicted octanol–water partition coefficient (Wildman–Crippen LogP) is 4.05. The van der Waals surface area contributed by atoms with E-state index in [1.54, 1.807) is 0 Å². The molecule has 1 heterocycles. The number of rotatable bonds is 6. The van der Waals surface area contributed by atoms with Gasteiger partial charge in [-0.2, -0.15) is 4.98 Å². The van der Waals surface area contributed by atoms with E-state index < -0.39 is 0 Å². The number of hydrogen-bond donors (Lipinski definition) is 1. The molecule has 0 radical (unpaired) electrons. The molecule has 0 aliphatic heterocycles. The molecule has 1 aliphatic carbocycles. The van der Waals surface area contributed by atoms with Crippen molar-refractivity contribution in [2.75, 3.05) is 0 Å². The minimum absolute atomic E-state index is 0. The Bertz CT molecular complexity index is 839. The largest absolute Gasteiger partial charge is 0.338 e. The molecular weight excluding hydrogens is 348 g/mol. The summed E-state index contributed by atoms with van der Waals surface area (Å²) in [6.07, 6.45) is 5.09. The van der Waals surface area contributed by atoms with Gasteiger partial charge in [0, 0.05) is 12.6 Å². The summed E-state index contributed by atoms with van der Waals surface area (Å²) in [4.78, 5) is 6.90. The van der Waals surface area contributed by atoms with Crippen molar-refractivity contribution in [3.8, 4) is 0 Å². The van der Waals surface area contributed by atoms with Crippen LogP contribution in [0.3, 0.4) is 0 Å². The molecule has 1 fully saturated rings. The second-order valence-corrected chi connectivity index (χ2v) is 6.79. The van der Waals surface area contributed by atoms with Crippen molar-refractivity contribution in [2.45, 2.75) is 51.4 Å².